The zero-order chi connectivity index (χ0) is 27.1. The van der Waals surface area contributed by atoms with Gasteiger partial charge < -0.3 is 0 Å². The van der Waals surface area contributed by atoms with Crippen LogP contribution in [0.15, 0.2) is 132 Å². The zero-order valence-electron chi connectivity index (χ0n) is 21.6. The lowest BCUT2D eigenvalue weighted by Crippen LogP contribution is -2.18. The molecule has 0 N–H and O–H groups in total. The van der Waals surface area contributed by atoms with Gasteiger partial charge in [-0.3, -0.25) is 15.1 Å². The molecule has 5 aromatic carbocycles. The summed E-state index contributed by atoms with van der Waals surface area (Å²) in [6.07, 6.45) is 2.95. The van der Waals surface area contributed by atoms with Crippen LogP contribution >= 0.6 is 0 Å². The Morgan fingerprint density at radius 2 is 1.38 bits per heavy atom. The van der Waals surface area contributed by atoms with Crippen LogP contribution in [0.4, 0.5) is 11.4 Å². The molecule has 5 nitrogen and oxygen atoms in total. The Kier molecular flexibility index (Phi) is 5.82. The van der Waals surface area contributed by atoms with Gasteiger partial charge in [0.05, 0.1) is 22.4 Å². The summed E-state index contributed by atoms with van der Waals surface area (Å²) in [4.78, 5) is 11.2. The van der Waals surface area contributed by atoms with Crippen LogP contribution in [0.2, 0.25) is 0 Å². The molecule has 0 amide bonds. The van der Waals surface area contributed by atoms with Crippen molar-refractivity contribution in [1.29, 1.82) is 0 Å². The number of non-ortho nitro benzene ring substituents is 1. The van der Waals surface area contributed by atoms with E-state index < -0.39 is 0 Å². The van der Waals surface area contributed by atoms with Crippen molar-refractivity contribution in [3.63, 3.8) is 0 Å². The van der Waals surface area contributed by atoms with Crippen LogP contribution in [0.5, 0.6) is 0 Å². The molecule has 1 aliphatic heterocycles. The predicted octanol–water partition coefficient (Wildman–Crippen LogP) is 8.52. The highest BCUT2D eigenvalue weighted by Crippen LogP contribution is 2.46. The molecular formula is C35H25N3O2. The molecule has 0 spiro atoms. The topological polar surface area (TPSA) is 58.7 Å². The molecule has 0 aromatic heterocycles. The number of anilines is 1. The normalized spacial score (nSPS) is 16.5. The second kappa shape index (κ2) is 9.79. The van der Waals surface area contributed by atoms with Crippen molar-refractivity contribution in [2.45, 2.75) is 12.5 Å². The Morgan fingerprint density at radius 1 is 0.725 bits per heavy atom. The van der Waals surface area contributed by atoms with Gasteiger partial charge in [0, 0.05) is 18.6 Å². The van der Waals surface area contributed by atoms with Crippen LogP contribution in [0.1, 0.15) is 40.3 Å². The van der Waals surface area contributed by atoms with Crippen LogP contribution in [0.3, 0.4) is 0 Å². The Hall–Kier alpha value is -5.29. The van der Waals surface area contributed by atoms with Gasteiger partial charge >= 0.3 is 0 Å². The van der Waals surface area contributed by atoms with Crippen molar-refractivity contribution in [3.05, 3.63) is 165 Å². The van der Waals surface area contributed by atoms with E-state index in [1.165, 1.54) is 5.56 Å². The summed E-state index contributed by atoms with van der Waals surface area (Å²) in [5.41, 5.74) is 10.7. The Bertz CT molecular complexity index is 1790. The summed E-state index contributed by atoms with van der Waals surface area (Å²) < 4.78 is 0. The molecule has 5 heteroatoms. The molecule has 0 saturated carbocycles. The van der Waals surface area contributed by atoms with Gasteiger partial charge in [-0.2, -0.15) is 5.10 Å². The SMILES string of the molecule is O=[N+]([O-])c1ccc2c(c1)/C(=C/c1ccc(N3N=C(c4ccccc4)CC3c3ccccc3)cc1)c1ccccc1-2. The summed E-state index contributed by atoms with van der Waals surface area (Å²) in [6, 6.07) is 42.7. The minimum atomic E-state index is -0.334. The third-order valence-corrected chi connectivity index (χ3v) is 7.68. The molecule has 0 bridgehead atoms. The number of hydrazone groups is 1. The fraction of sp³-hybridized carbons (Fsp3) is 0.0571. The van der Waals surface area contributed by atoms with Crippen LogP contribution < -0.4 is 5.01 Å². The summed E-state index contributed by atoms with van der Waals surface area (Å²) in [5.74, 6) is 0. The van der Waals surface area contributed by atoms with Crippen molar-refractivity contribution in [2.75, 3.05) is 5.01 Å². The first kappa shape index (κ1) is 23.8. The van der Waals surface area contributed by atoms with Gasteiger partial charge in [0.25, 0.3) is 5.69 Å². The van der Waals surface area contributed by atoms with Crippen molar-refractivity contribution in [1.82, 2.24) is 0 Å². The molecular weight excluding hydrogens is 494 g/mol. The van der Waals surface area contributed by atoms with Gasteiger partial charge in [0.2, 0.25) is 0 Å². The van der Waals surface area contributed by atoms with Crippen molar-refractivity contribution in [3.8, 4) is 11.1 Å². The second-order valence-corrected chi connectivity index (χ2v) is 10.1. The van der Waals surface area contributed by atoms with Crippen molar-refractivity contribution >= 4 is 28.7 Å². The molecule has 0 fully saturated rings. The first-order chi connectivity index (χ1) is 19.7. The molecule has 5 aromatic rings. The van der Waals surface area contributed by atoms with Gasteiger partial charge in [-0.15, -0.1) is 0 Å². The molecule has 40 heavy (non-hydrogen) atoms. The molecule has 1 atom stereocenters. The first-order valence-corrected chi connectivity index (χ1v) is 13.3. The Balaban J connectivity index is 1.26. The number of nitrogens with zero attached hydrogens (tertiary/aromatic N) is 3. The fourth-order valence-corrected chi connectivity index (χ4v) is 5.74. The Labute approximate surface area is 232 Å². The van der Waals surface area contributed by atoms with Crippen LogP contribution in [-0.2, 0) is 0 Å². The average Bonchev–Trinajstić information content (AvgIpc) is 3.59. The van der Waals surface area contributed by atoms with E-state index in [1.54, 1.807) is 12.1 Å². The molecule has 2 aliphatic rings. The van der Waals surface area contributed by atoms with Crippen molar-refractivity contribution < 1.29 is 4.92 Å². The Morgan fingerprint density at radius 3 is 2.10 bits per heavy atom. The summed E-state index contributed by atoms with van der Waals surface area (Å²) in [7, 11) is 0. The number of nitro groups is 1. The maximum atomic E-state index is 11.5. The van der Waals surface area contributed by atoms with Gasteiger partial charge in [-0.25, -0.2) is 0 Å². The number of rotatable bonds is 5. The number of nitro benzene ring substituents is 1. The molecule has 7 rings (SSSR count). The predicted molar refractivity (Wildman–Crippen MR) is 161 cm³/mol. The third kappa shape index (κ3) is 4.18. The van der Waals surface area contributed by atoms with E-state index in [4.69, 9.17) is 5.10 Å². The molecule has 192 valence electrons. The van der Waals surface area contributed by atoms with Gasteiger partial charge in [-0.05, 0) is 68.8 Å². The van der Waals surface area contributed by atoms with Gasteiger partial charge in [0.15, 0.2) is 0 Å². The first-order valence-electron chi connectivity index (χ1n) is 13.3. The van der Waals surface area contributed by atoms with E-state index in [0.717, 1.165) is 56.8 Å². The smallest absolute Gasteiger partial charge is 0.258 e. The number of hydrogen-bond donors (Lipinski definition) is 0. The average molecular weight is 520 g/mol. The monoisotopic (exact) mass is 519 g/mol. The van der Waals surface area contributed by atoms with Gasteiger partial charge in [0.1, 0.15) is 0 Å². The largest absolute Gasteiger partial charge is 0.270 e. The maximum Gasteiger partial charge on any atom is 0.270 e. The highest BCUT2D eigenvalue weighted by atomic mass is 16.6. The molecule has 0 radical (unpaired) electrons. The molecule has 1 unspecified atom stereocenters. The van der Waals surface area contributed by atoms with Crippen LogP contribution in [0, 0.1) is 10.1 Å². The lowest BCUT2D eigenvalue weighted by molar-refractivity contribution is -0.384. The second-order valence-electron chi connectivity index (χ2n) is 10.1. The quantitative estimate of drug-likeness (QED) is 0.169. The van der Waals surface area contributed by atoms with E-state index in [-0.39, 0.29) is 16.7 Å². The van der Waals surface area contributed by atoms with Gasteiger partial charge in [-0.1, -0.05) is 97.1 Å². The van der Waals surface area contributed by atoms with Crippen molar-refractivity contribution in [2.24, 2.45) is 5.10 Å². The minimum Gasteiger partial charge on any atom is -0.258 e. The van der Waals surface area contributed by atoms with Crippen LogP contribution in [0.25, 0.3) is 22.8 Å². The van der Waals surface area contributed by atoms with E-state index in [9.17, 15) is 10.1 Å². The lowest BCUT2D eigenvalue weighted by atomic mass is 9.98. The molecule has 1 aliphatic carbocycles. The number of fused-ring (bicyclic) bond motifs is 3. The van der Waals surface area contributed by atoms with E-state index >= 15 is 0 Å². The standard InChI is InChI=1S/C35H25N3O2/c39-38(40)28-19-20-31-29-13-7-8-14-30(29)32(33(31)22-28)21-24-15-17-27(18-16-24)37-35(26-11-5-2-6-12-26)23-34(36-37)25-9-3-1-4-10-25/h1-22,35H,23H2/b32-21+. The zero-order valence-corrected chi connectivity index (χ0v) is 21.6. The summed E-state index contributed by atoms with van der Waals surface area (Å²) >= 11 is 0. The van der Waals surface area contributed by atoms with Crippen LogP contribution in [-0.4, -0.2) is 10.6 Å². The highest BCUT2D eigenvalue weighted by Gasteiger charge is 2.30. The third-order valence-electron chi connectivity index (χ3n) is 7.68. The van der Waals surface area contributed by atoms with E-state index in [1.807, 2.05) is 42.5 Å². The highest BCUT2D eigenvalue weighted by molar-refractivity contribution is 6.07. The summed E-state index contributed by atoms with van der Waals surface area (Å²) in [5, 5.41) is 18.7. The minimum absolute atomic E-state index is 0.0980. The van der Waals surface area contributed by atoms with E-state index in [0.29, 0.717) is 0 Å². The number of hydrogen-bond acceptors (Lipinski definition) is 4. The summed E-state index contributed by atoms with van der Waals surface area (Å²) in [6.45, 7) is 0. The molecule has 1 heterocycles. The lowest BCUT2D eigenvalue weighted by Gasteiger charge is -2.24. The van der Waals surface area contributed by atoms with E-state index in [2.05, 4.69) is 83.9 Å². The number of benzene rings is 5. The maximum absolute atomic E-state index is 11.5. The molecule has 0 saturated heterocycles. The fourth-order valence-electron chi connectivity index (χ4n) is 5.74.